The second-order valence-corrected chi connectivity index (χ2v) is 4.87. The highest BCUT2D eigenvalue weighted by atomic mass is 16.5. The van der Waals surface area contributed by atoms with Gasteiger partial charge >= 0.3 is 0 Å². The molecule has 0 amide bonds. The van der Waals surface area contributed by atoms with Gasteiger partial charge in [0.05, 0.1) is 0 Å². The van der Waals surface area contributed by atoms with Gasteiger partial charge in [0.25, 0.3) is 0 Å². The van der Waals surface area contributed by atoms with E-state index in [1.54, 1.807) is 0 Å². The van der Waals surface area contributed by atoms with Crippen molar-refractivity contribution in [3.8, 4) is 0 Å². The lowest BCUT2D eigenvalue weighted by Gasteiger charge is -2.08. The Labute approximate surface area is 99.7 Å². The summed E-state index contributed by atoms with van der Waals surface area (Å²) in [6.07, 6.45) is 0.963. The number of hydrogen-bond donors (Lipinski definition) is 2. The predicted molar refractivity (Wildman–Crippen MR) is 69.6 cm³/mol. The summed E-state index contributed by atoms with van der Waals surface area (Å²) in [5.74, 6) is 1.69. The van der Waals surface area contributed by atoms with E-state index in [1.165, 1.54) is 0 Å². The van der Waals surface area contributed by atoms with Gasteiger partial charge in [-0.25, -0.2) is 0 Å². The number of nitrogens with two attached hydrogens (primary N) is 1. The third kappa shape index (κ3) is 11.3. The molecular formula is C12H27N3O. The summed E-state index contributed by atoms with van der Waals surface area (Å²) < 4.78 is 5.45. The molecule has 0 aromatic rings. The molecule has 0 bridgehead atoms. The molecule has 0 aromatic carbocycles. The monoisotopic (exact) mass is 229 g/mol. The number of guanidine groups is 1. The van der Waals surface area contributed by atoms with Gasteiger partial charge in [0.2, 0.25) is 0 Å². The highest BCUT2D eigenvalue weighted by Gasteiger charge is 1.95. The molecule has 0 unspecified atom stereocenters. The quantitative estimate of drug-likeness (QED) is 0.378. The molecule has 3 N–H and O–H groups in total. The van der Waals surface area contributed by atoms with Crippen molar-refractivity contribution < 1.29 is 4.74 Å². The van der Waals surface area contributed by atoms with Gasteiger partial charge in [0.1, 0.15) is 0 Å². The van der Waals surface area contributed by atoms with Crippen molar-refractivity contribution in [1.29, 1.82) is 0 Å². The smallest absolute Gasteiger partial charge is 0.188 e. The molecule has 4 nitrogen and oxygen atoms in total. The summed E-state index contributed by atoms with van der Waals surface area (Å²) in [7, 11) is 0. The number of hydrogen-bond acceptors (Lipinski definition) is 2. The van der Waals surface area contributed by atoms with E-state index in [0.29, 0.717) is 17.8 Å². The van der Waals surface area contributed by atoms with Crippen LogP contribution in [0.15, 0.2) is 4.99 Å². The van der Waals surface area contributed by atoms with E-state index in [9.17, 15) is 0 Å². The number of rotatable bonds is 8. The minimum absolute atomic E-state index is 0.539. The molecule has 4 heteroatoms. The van der Waals surface area contributed by atoms with Crippen molar-refractivity contribution in [3.63, 3.8) is 0 Å². The Morgan fingerprint density at radius 1 is 1.25 bits per heavy atom. The molecule has 0 radical (unpaired) electrons. The lowest BCUT2D eigenvalue weighted by molar-refractivity contribution is 0.108. The second-order valence-electron chi connectivity index (χ2n) is 4.87. The van der Waals surface area contributed by atoms with E-state index >= 15 is 0 Å². The fraction of sp³-hybridized carbons (Fsp3) is 0.917. The minimum Gasteiger partial charge on any atom is -0.381 e. The van der Waals surface area contributed by atoms with Crippen molar-refractivity contribution in [3.05, 3.63) is 0 Å². The van der Waals surface area contributed by atoms with Crippen LogP contribution in [-0.4, -0.2) is 32.3 Å². The van der Waals surface area contributed by atoms with Crippen LogP contribution in [0.2, 0.25) is 0 Å². The number of nitrogens with one attached hydrogen (secondary N) is 1. The lowest BCUT2D eigenvalue weighted by atomic mass is 10.2. The molecule has 0 spiro atoms. The van der Waals surface area contributed by atoms with Gasteiger partial charge in [-0.1, -0.05) is 27.7 Å². The van der Waals surface area contributed by atoms with Crippen LogP contribution < -0.4 is 11.1 Å². The van der Waals surface area contributed by atoms with E-state index < -0.39 is 0 Å². The van der Waals surface area contributed by atoms with Crippen molar-refractivity contribution in [2.45, 2.75) is 34.1 Å². The number of ether oxygens (including phenoxy) is 1. The fourth-order valence-electron chi connectivity index (χ4n) is 1.05. The maximum Gasteiger partial charge on any atom is 0.188 e. The lowest BCUT2D eigenvalue weighted by Crippen LogP contribution is -2.33. The van der Waals surface area contributed by atoms with Gasteiger partial charge in [-0.05, 0) is 18.3 Å². The first-order chi connectivity index (χ1) is 7.52. The highest BCUT2D eigenvalue weighted by molar-refractivity contribution is 5.77. The van der Waals surface area contributed by atoms with Crippen LogP contribution in [0.4, 0.5) is 0 Å². The SMILES string of the molecule is CC(C)CN=C(N)NCCCOCC(C)C. The summed E-state index contributed by atoms with van der Waals surface area (Å²) in [4.78, 5) is 4.21. The van der Waals surface area contributed by atoms with Crippen molar-refractivity contribution in [2.24, 2.45) is 22.6 Å². The molecular weight excluding hydrogens is 202 g/mol. The predicted octanol–water partition coefficient (Wildman–Crippen LogP) is 1.61. The third-order valence-electron chi connectivity index (χ3n) is 1.85. The van der Waals surface area contributed by atoms with Gasteiger partial charge in [0, 0.05) is 26.3 Å². The zero-order valence-electron chi connectivity index (χ0n) is 11.1. The summed E-state index contributed by atoms with van der Waals surface area (Å²) >= 11 is 0. The zero-order chi connectivity index (χ0) is 12.4. The second kappa shape index (κ2) is 9.46. The Hall–Kier alpha value is -0.770. The first-order valence-electron chi connectivity index (χ1n) is 6.14. The summed E-state index contributed by atoms with van der Waals surface area (Å²) in [5.41, 5.74) is 5.68. The maximum absolute atomic E-state index is 5.68. The van der Waals surface area contributed by atoms with Crippen LogP contribution in [0.1, 0.15) is 34.1 Å². The Bertz CT molecular complexity index is 191. The van der Waals surface area contributed by atoms with Crippen LogP contribution in [-0.2, 0) is 4.74 Å². The van der Waals surface area contributed by atoms with Crippen molar-refractivity contribution >= 4 is 5.96 Å². The summed E-state index contributed by atoms with van der Waals surface area (Å²) in [6.45, 7) is 11.8. The third-order valence-corrected chi connectivity index (χ3v) is 1.85. The van der Waals surface area contributed by atoms with Gasteiger partial charge in [-0.3, -0.25) is 4.99 Å². The maximum atomic E-state index is 5.68. The van der Waals surface area contributed by atoms with Crippen LogP contribution in [0.5, 0.6) is 0 Å². The van der Waals surface area contributed by atoms with Gasteiger partial charge in [0.15, 0.2) is 5.96 Å². The first-order valence-corrected chi connectivity index (χ1v) is 6.14. The van der Waals surface area contributed by atoms with Gasteiger partial charge in [-0.15, -0.1) is 0 Å². The number of nitrogens with zero attached hydrogens (tertiary/aromatic N) is 1. The Kier molecular flexibility index (Phi) is 9.00. The Morgan fingerprint density at radius 2 is 1.94 bits per heavy atom. The molecule has 0 rings (SSSR count). The molecule has 0 saturated heterocycles. The molecule has 0 aliphatic rings. The normalized spacial score (nSPS) is 12.5. The van der Waals surface area contributed by atoms with Crippen molar-refractivity contribution in [2.75, 3.05) is 26.3 Å². The molecule has 0 fully saturated rings. The van der Waals surface area contributed by atoms with Gasteiger partial charge in [-0.2, -0.15) is 0 Å². The summed E-state index contributed by atoms with van der Waals surface area (Å²) in [6, 6.07) is 0. The minimum atomic E-state index is 0.539. The highest BCUT2D eigenvalue weighted by Crippen LogP contribution is 1.93. The molecule has 0 aliphatic carbocycles. The van der Waals surface area contributed by atoms with Crippen LogP contribution in [0.3, 0.4) is 0 Å². The van der Waals surface area contributed by atoms with Gasteiger partial charge < -0.3 is 15.8 Å². The molecule has 0 atom stereocenters. The van der Waals surface area contributed by atoms with E-state index in [1.807, 2.05) is 0 Å². The Balaban J connectivity index is 3.34. The van der Waals surface area contributed by atoms with E-state index in [0.717, 1.165) is 32.7 Å². The molecule has 0 aliphatic heterocycles. The standard InChI is InChI=1S/C12H27N3O/c1-10(2)8-15-12(13)14-6-5-7-16-9-11(3)4/h10-11H,5-9H2,1-4H3,(H3,13,14,15). The molecule has 96 valence electrons. The van der Waals surface area contributed by atoms with E-state index in [2.05, 4.69) is 38.0 Å². The molecule has 0 saturated carbocycles. The summed E-state index contributed by atoms with van der Waals surface area (Å²) in [5, 5.41) is 3.07. The average molecular weight is 229 g/mol. The first kappa shape index (κ1) is 15.2. The zero-order valence-corrected chi connectivity index (χ0v) is 11.1. The van der Waals surface area contributed by atoms with Crippen LogP contribution in [0, 0.1) is 11.8 Å². The van der Waals surface area contributed by atoms with E-state index in [-0.39, 0.29) is 0 Å². The van der Waals surface area contributed by atoms with Crippen LogP contribution >= 0.6 is 0 Å². The molecule has 0 heterocycles. The molecule has 0 aromatic heterocycles. The largest absolute Gasteiger partial charge is 0.381 e. The number of aliphatic imine (C=N–C) groups is 1. The topological polar surface area (TPSA) is 59.6 Å². The van der Waals surface area contributed by atoms with Crippen molar-refractivity contribution in [1.82, 2.24) is 5.32 Å². The van der Waals surface area contributed by atoms with E-state index in [4.69, 9.17) is 10.5 Å². The molecule has 16 heavy (non-hydrogen) atoms. The fourth-order valence-corrected chi connectivity index (χ4v) is 1.05. The average Bonchev–Trinajstić information content (AvgIpc) is 2.19. The Morgan fingerprint density at radius 3 is 2.50 bits per heavy atom. The van der Waals surface area contributed by atoms with Crippen LogP contribution in [0.25, 0.3) is 0 Å².